The van der Waals surface area contributed by atoms with E-state index in [9.17, 15) is 22.8 Å². The van der Waals surface area contributed by atoms with Gasteiger partial charge in [-0.3, -0.25) is 9.59 Å². The van der Waals surface area contributed by atoms with Crippen LogP contribution in [0.15, 0.2) is 18.2 Å². The Morgan fingerprint density at radius 2 is 2.14 bits per heavy atom. The summed E-state index contributed by atoms with van der Waals surface area (Å²) in [7, 11) is 1.54. The molecule has 1 N–H and O–H groups in total. The number of halogens is 3. The van der Waals surface area contributed by atoms with E-state index >= 15 is 0 Å². The van der Waals surface area contributed by atoms with Crippen LogP contribution in [0.5, 0.6) is 5.75 Å². The summed E-state index contributed by atoms with van der Waals surface area (Å²) in [5, 5.41) is 3.50. The highest BCUT2D eigenvalue weighted by molar-refractivity contribution is 7.18. The van der Waals surface area contributed by atoms with Crippen molar-refractivity contribution in [3.8, 4) is 5.75 Å². The number of hydrogen-bond donors (Lipinski definition) is 1. The Labute approximate surface area is 162 Å². The third-order valence-electron chi connectivity index (χ3n) is 4.01. The highest BCUT2D eigenvalue weighted by Gasteiger charge is 2.31. The first-order valence-corrected chi connectivity index (χ1v) is 9.23. The fourth-order valence-electron chi connectivity index (χ4n) is 2.52. The van der Waals surface area contributed by atoms with E-state index in [1.165, 1.54) is 30.1 Å². The molecule has 1 amide bonds. The fraction of sp³-hybridized carbons (Fsp3) is 0.471. The van der Waals surface area contributed by atoms with Gasteiger partial charge in [0.25, 0.3) is 0 Å². The van der Waals surface area contributed by atoms with Gasteiger partial charge in [-0.25, -0.2) is 4.98 Å². The second kappa shape index (κ2) is 8.41. The maximum atomic E-state index is 12.3. The van der Waals surface area contributed by atoms with Crippen molar-refractivity contribution in [2.24, 2.45) is 0 Å². The lowest BCUT2D eigenvalue weighted by atomic mass is 10.2. The minimum Gasteiger partial charge on any atom is -0.406 e. The van der Waals surface area contributed by atoms with Gasteiger partial charge in [0.15, 0.2) is 5.78 Å². The number of thiazole rings is 1. The highest BCUT2D eigenvalue weighted by atomic mass is 32.1. The second-order valence-electron chi connectivity index (χ2n) is 6.37. The Morgan fingerprint density at radius 3 is 2.79 bits per heavy atom. The number of carbonyl (C=O) groups is 2. The van der Waals surface area contributed by atoms with Crippen LogP contribution in [0.4, 0.5) is 13.2 Å². The van der Waals surface area contributed by atoms with Crippen LogP contribution >= 0.6 is 11.3 Å². The molecule has 1 aliphatic rings. The number of fused-ring (bicyclic) bond motifs is 1. The summed E-state index contributed by atoms with van der Waals surface area (Å²) in [5.41, 5.74) is 0.485. The molecule has 0 atom stereocenters. The summed E-state index contributed by atoms with van der Waals surface area (Å²) in [6.07, 6.45) is -4.77. The van der Waals surface area contributed by atoms with Crippen LogP contribution in [0, 0.1) is 0 Å². The predicted octanol–water partition coefficient (Wildman–Crippen LogP) is 1.75. The van der Waals surface area contributed by atoms with Crippen LogP contribution in [-0.2, 0) is 20.7 Å². The number of rotatable bonds is 8. The molecule has 3 rings (SSSR count). The van der Waals surface area contributed by atoms with E-state index in [2.05, 4.69) is 15.0 Å². The standard InChI is InChI=1S/C17H18F3N3O4S/c1-23(16(25)6-21-10-8-26-9-10)7-11(24)4-15-22-13-3-2-12(5-14(13)28-15)27-17(18,19)20/h2-3,5,10,21H,4,6-9H2,1H3. The number of ether oxygens (including phenoxy) is 2. The summed E-state index contributed by atoms with van der Waals surface area (Å²) in [6, 6.07) is 3.99. The van der Waals surface area contributed by atoms with Gasteiger partial charge in [0.2, 0.25) is 5.91 Å². The van der Waals surface area contributed by atoms with E-state index in [-0.39, 0.29) is 43.0 Å². The lowest BCUT2D eigenvalue weighted by Gasteiger charge is -2.27. The number of hydrogen-bond acceptors (Lipinski definition) is 7. The minimum atomic E-state index is -4.77. The zero-order valence-corrected chi connectivity index (χ0v) is 15.7. The average Bonchev–Trinajstić information content (AvgIpc) is 2.92. The Morgan fingerprint density at radius 1 is 1.39 bits per heavy atom. The van der Waals surface area contributed by atoms with Gasteiger partial charge in [-0.1, -0.05) is 0 Å². The summed E-state index contributed by atoms with van der Waals surface area (Å²) < 4.78 is 46.3. The van der Waals surface area contributed by atoms with Crippen LogP contribution in [0.1, 0.15) is 5.01 Å². The van der Waals surface area contributed by atoms with Gasteiger partial charge in [-0.2, -0.15) is 0 Å². The molecule has 0 spiro atoms. The van der Waals surface area contributed by atoms with Crippen LogP contribution < -0.4 is 10.1 Å². The van der Waals surface area contributed by atoms with E-state index < -0.39 is 6.36 Å². The normalized spacial score (nSPS) is 14.7. The number of alkyl halides is 3. The molecule has 1 fully saturated rings. The molecule has 1 aromatic heterocycles. The second-order valence-corrected chi connectivity index (χ2v) is 7.48. The Hall–Kier alpha value is -2.24. The lowest BCUT2D eigenvalue weighted by Crippen LogP contribution is -2.50. The van der Waals surface area contributed by atoms with E-state index in [0.29, 0.717) is 28.4 Å². The largest absolute Gasteiger partial charge is 0.573 e. The molecule has 152 valence electrons. The summed E-state index contributed by atoms with van der Waals surface area (Å²) in [6.45, 7) is 1.20. The summed E-state index contributed by atoms with van der Waals surface area (Å²) >= 11 is 1.12. The van der Waals surface area contributed by atoms with Gasteiger partial charge in [-0.15, -0.1) is 24.5 Å². The van der Waals surface area contributed by atoms with Crippen LogP contribution in [0.25, 0.3) is 10.2 Å². The SMILES string of the molecule is CN(CC(=O)Cc1nc2ccc(OC(F)(F)F)cc2s1)C(=O)CNC1COC1. The number of ketones is 1. The molecule has 2 heterocycles. The first-order chi connectivity index (χ1) is 13.2. The molecule has 1 saturated heterocycles. The van der Waals surface area contributed by atoms with Gasteiger partial charge in [0.05, 0.1) is 49.0 Å². The third-order valence-corrected chi connectivity index (χ3v) is 5.02. The minimum absolute atomic E-state index is 0.00365. The van der Waals surface area contributed by atoms with Crippen molar-refractivity contribution < 1.29 is 32.2 Å². The molecule has 0 radical (unpaired) electrons. The monoisotopic (exact) mass is 417 g/mol. The highest BCUT2D eigenvalue weighted by Crippen LogP contribution is 2.29. The Balaban J connectivity index is 1.54. The lowest BCUT2D eigenvalue weighted by molar-refractivity contribution is -0.274. The molecule has 0 unspecified atom stereocenters. The van der Waals surface area contributed by atoms with E-state index in [1.54, 1.807) is 0 Å². The van der Waals surface area contributed by atoms with Crippen molar-refractivity contribution in [3.63, 3.8) is 0 Å². The molecule has 1 aromatic carbocycles. The van der Waals surface area contributed by atoms with Crippen molar-refractivity contribution in [3.05, 3.63) is 23.2 Å². The number of nitrogens with zero attached hydrogens (tertiary/aromatic N) is 2. The zero-order chi connectivity index (χ0) is 20.3. The number of carbonyl (C=O) groups excluding carboxylic acids is 2. The van der Waals surface area contributed by atoms with Crippen molar-refractivity contribution >= 4 is 33.2 Å². The van der Waals surface area contributed by atoms with Crippen LogP contribution in [0.2, 0.25) is 0 Å². The number of likely N-dealkylation sites (N-methyl/N-ethyl adjacent to an activating group) is 1. The van der Waals surface area contributed by atoms with Gasteiger partial charge in [0.1, 0.15) is 10.8 Å². The number of aromatic nitrogens is 1. The van der Waals surface area contributed by atoms with Crippen molar-refractivity contribution in [2.45, 2.75) is 18.8 Å². The number of Topliss-reactive ketones (excluding diaryl/α,β-unsaturated/α-hetero) is 1. The van der Waals surface area contributed by atoms with Gasteiger partial charge < -0.3 is 19.7 Å². The van der Waals surface area contributed by atoms with Crippen molar-refractivity contribution in [2.75, 3.05) is 33.4 Å². The molecule has 28 heavy (non-hydrogen) atoms. The Kier molecular flexibility index (Phi) is 6.16. The first-order valence-electron chi connectivity index (χ1n) is 8.41. The topological polar surface area (TPSA) is 80.8 Å². The van der Waals surface area contributed by atoms with Gasteiger partial charge in [0, 0.05) is 7.05 Å². The van der Waals surface area contributed by atoms with Gasteiger partial charge >= 0.3 is 6.36 Å². The molecule has 2 aromatic rings. The summed E-state index contributed by atoms with van der Waals surface area (Å²) in [5.74, 6) is -0.761. The molecule has 0 saturated carbocycles. The Bertz CT molecular complexity index is 867. The zero-order valence-electron chi connectivity index (χ0n) is 14.9. The predicted molar refractivity (Wildman–Crippen MR) is 95.3 cm³/mol. The maximum Gasteiger partial charge on any atom is 0.573 e. The van der Waals surface area contributed by atoms with Crippen LogP contribution in [-0.4, -0.2) is 67.3 Å². The molecule has 7 nitrogen and oxygen atoms in total. The quantitative estimate of drug-likeness (QED) is 0.705. The van der Waals surface area contributed by atoms with Gasteiger partial charge in [-0.05, 0) is 18.2 Å². The van der Waals surface area contributed by atoms with Crippen LogP contribution in [0.3, 0.4) is 0 Å². The summed E-state index contributed by atoms with van der Waals surface area (Å²) in [4.78, 5) is 29.8. The molecule has 0 bridgehead atoms. The fourth-order valence-corrected chi connectivity index (χ4v) is 3.55. The first kappa shape index (κ1) is 20.5. The molecular formula is C17H18F3N3O4S. The number of benzene rings is 1. The molecular weight excluding hydrogens is 399 g/mol. The maximum absolute atomic E-state index is 12.3. The smallest absolute Gasteiger partial charge is 0.406 e. The average molecular weight is 417 g/mol. The van der Waals surface area contributed by atoms with E-state index in [1.807, 2.05) is 0 Å². The number of nitrogens with one attached hydrogen (secondary N) is 1. The number of amides is 1. The molecule has 1 aliphatic heterocycles. The van der Waals surface area contributed by atoms with Crippen molar-refractivity contribution in [1.29, 1.82) is 0 Å². The molecule has 11 heteroatoms. The van der Waals surface area contributed by atoms with Crippen molar-refractivity contribution in [1.82, 2.24) is 15.2 Å². The van der Waals surface area contributed by atoms with E-state index in [4.69, 9.17) is 4.74 Å². The third kappa shape index (κ3) is 5.63. The molecule has 0 aliphatic carbocycles. The van der Waals surface area contributed by atoms with E-state index in [0.717, 1.165) is 11.3 Å².